The number of hydrogen-bond donors (Lipinski definition) is 2. The SMILES string of the molecule is Cc1sc2nc(C[NH+]3CCN(c4ncccn4)CC3)[nH]c(=O)c2c1C. The fraction of sp³-hybridized carbons (Fsp3) is 0.412. The summed E-state index contributed by atoms with van der Waals surface area (Å²) in [5, 5.41) is 0.743. The fourth-order valence-corrected chi connectivity index (χ4v) is 4.32. The molecular weight excluding hydrogens is 336 g/mol. The zero-order valence-corrected chi connectivity index (χ0v) is 15.2. The first-order chi connectivity index (χ1) is 12.1. The van der Waals surface area contributed by atoms with Crippen LogP contribution in [0.15, 0.2) is 23.3 Å². The Morgan fingerprint density at radius 2 is 1.96 bits per heavy atom. The van der Waals surface area contributed by atoms with Gasteiger partial charge >= 0.3 is 0 Å². The van der Waals surface area contributed by atoms with Crippen LogP contribution in [0.5, 0.6) is 0 Å². The van der Waals surface area contributed by atoms with Gasteiger partial charge in [-0.2, -0.15) is 0 Å². The van der Waals surface area contributed by atoms with Gasteiger partial charge in [0.15, 0.2) is 5.82 Å². The molecule has 3 aromatic heterocycles. The molecular formula is C17H21N6OS+. The van der Waals surface area contributed by atoms with E-state index in [1.54, 1.807) is 23.7 Å². The minimum absolute atomic E-state index is 0.0161. The molecule has 1 fully saturated rings. The quantitative estimate of drug-likeness (QED) is 0.705. The van der Waals surface area contributed by atoms with Crippen LogP contribution in [0.2, 0.25) is 0 Å². The Morgan fingerprint density at radius 1 is 1.24 bits per heavy atom. The number of H-pyrrole nitrogens is 1. The highest BCUT2D eigenvalue weighted by Gasteiger charge is 2.23. The third kappa shape index (κ3) is 3.14. The first kappa shape index (κ1) is 16.2. The highest BCUT2D eigenvalue weighted by atomic mass is 32.1. The first-order valence-corrected chi connectivity index (χ1v) is 9.28. The van der Waals surface area contributed by atoms with Gasteiger partial charge in [0.05, 0.1) is 31.6 Å². The van der Waals surface area contributed by atoms with Gasteiger partial charge in [-0.3, -0.25) is 4.79 Å². The highest BCUT2D eigenvalue weighted by molar-refractivity contribution is 7.18. The number of rotatable bonds is 3. The summed E-state index contributed by atoms with van der Waals surface area (Å²) in [6.45, 7) is 8.53. The van der Waals surface area contributed by atoms with Crippen LogP contribution < -0.4 is 15.4 Å². The Balaban J connectivity index is 1.47. The van der Waals surface area contributed by atoms with Gasteiger partial charge in [-0.15, -0.1) is 11.3 Å². The van der Waals surface area contributed by atoms with Crippen molar-refractivity contribution in [2.75, 3.05) is 31.1 Å². The first-order valence-electron chi connectivity index (χ1n) is 8.46. The molecule has 0 unspecified atom stereocenters. The maximum atomic E-state index is 12.4. The predicted molar refractivity (Wildman–Crippen MR) is 98.4 cm³/mol. The van der Waals surface area contributed by atoms with Crippen LogP contribution in [0, 0.1) is 13.8 Å². The second-order valence-electron chi connectivity index (χ2n) is 6.44. The molecule has 2 N–H and O–H groups in total. The maximum Gasteiger partial charge on any atom is 0.260 e. The molecule has 1 saturated heterocycles. The topological polar surface area (TPSA) is 79.2 Å². The van der Waals surface area contributed by atoms with Gasteiger partial charge in [-0.1, -0.05) is 0 Å². The molecule has 0 spiro atoms. The molecule has 8 heteroatoms. The van der Waals surface area contributed by atoms with Crippen molar-refractivity contribution >= 4 is 27.5 Å². The number of thiophene rings is 1. The van der Waals surface area contributed by atoms with Crippen molar-refractivity contribution in [3.8, 4) is 0 Å². The summed E-state index contributed by atoms with van der Waals surface area (Å²) >= 11 is 1.60. The van der Waals surface area contributed by atoms with Crippen molar-refractivity contribution in [1.29, 1.82) is 0 Å². The fourth-order valence-electron chi connectivity index (χ4n) is 3.27. The second kappa shape index (κ2) is 6.53. The minimum Gasteiger partial charge on any atom is -0.330 e. The standard InChI is InChI=1S/C17H20N6OS/c1-11-12(2)25-16-14(11)15(24)20-13(21-16)10-22-6-8-23(9-7-22)17-18-4-3-5-19-17/h3-5H,6-10H2,1-2H3,(H,20,21,24)/p+1. The van der Waals surface area contributed by atoms with E-state index in [1.807, 2.05) is 19.9 Å². The third-order valence-corrected chi connectivity index (χ3v) is 5.91. The van der Waals surface area contributed by atoms with E-state index in [0.717, 1.165) is 65.2 Å². The minimum atomic E-state index is -0.0161. The summed E-state index contributed by atoms with van der Waals surface area (Å²) in [6.07, 6.45) is 3.55. The van der Waals surface area contributed by atoms with E-state index in [1.165, 1.54) is 4.90 Å². The van der Waals surface area contributed by atoms with Crippen molar-refractivity contribution in [3.63, 3.8) is 0 Å². The van der Waals surface area contributed by atoms with Crippen LogP contribution in [0.1, 0.15) is 16.3 Å². The average molecular weight is 357 g/mol. The Hall–Kier alpha value is -2.32. The second-order valence-corrected chi connectivity index (χ2v) is 7.64. The van der Waals surface area contributed by atoms with Gasteiger partial charge in [-0.05, 0) is 25.5 Å². The number of aromatic amines is 1. The van der Waals surface area contributed by atoms with Crippen LogP contribution in [-0.4, -0.2) is 46.1 Å². The molecule has 0 bridgehead atoms. The van der Waals surface area contributed by atoms with Gasteiger partial charge in [0.1, 0.15) is 11.4 Å². The van der Waals surface area contributed by atoms with Crippen LogP contribution in [0.4, 0.5) is 5.95 Å². The molecule has 0 aromatic carbocycles. The van der Waals surface area contributed by atoms with Crippen molar-refractivity contribution in [1.82, 2.24) is 19.9 Å². The third-order valence-electron chi connectivity index (χ3n) is 4.81. The van der Waals surface area contributed by atoms with Crippen molar-refractivity contribution < 1.29 is 4.90 Å². The molecule has 25 heavy (non-hydrogen) atoms. The number of quaternary nitrogens is 1. The maximum absolute atomic E-state index is 12.4. The highest BCUT2D eigenvalue weighted by Crippen LogP contribution is 2.25. The number of aryl methyl sites for hydroxylation is 2. The number of fused-ring (bicyclic) bond motifs is 1. The molecule has 0 radical (unpaired) electrons. The Morgan fingerprint density at radius 3 is 2.68 bits per heavy atom. The zero-order valence-electron chi connectivity index (χ0n) is 14.4. The van der Waals surface area contributed by atoms with Crippen molar-refractivity contribution in [2.24, 2.45) is 0 Å². The van der Waals surface area contributed by atoms with E-state index in [4.69, 9.17) is 4.98 Å². The Labute approximate surface area is 149 Å². The Bertz CT molecular complexity index is 943. The molecule has 1 aliphatic rings. The molecule has 0 amide bonds. The number of hydrogen-bond acceptors (Lipinski definition) is 6. The Kier molecular flexibility index (Phi) is 4.22. The molecule has 4 rings (SSSR count). The molecule has 0 atom stereocenters. The van der Waals surface area contributed by atoms with Gasteiger partial charge in [-0.25, -0.2) is 15.0 Å². The lowest BCUT2D eigenvalue weighted by atomic mass is 10.2. The van der Waals surface area contributed by atoms with E-state index in [9.17, 15) is 4.79 Å². The van der Waals surface area contributed by atoms with Crippen LogP contribution in [0.25, 0.3) is 10.2 Å². The molecule has 4 heterocycles. The lowest BCUT2D eigenvalue weighted by Crippen LogP contribution is -3.13. The summed E-state index contributed by atoms with van der Waals surface area (Å²) in [5.74, 6) is 1.57. The average Bonchev–Trinajstić information content (AvgIpc) is 2.91. The number of nitrogens with one attached hydrogen (secondary N) is 2. The summed E-state index contributed by atoms with van der Waals surface area (Å²) < 4.78 is 0. The molecule has 1 aliphatic heterocycles. The van der Waals surface area contributed by atoms with E-state index < -0.39 is 0 Å². The molecule has 3 aromatic rings. The van der Waals surface area contributed by atoms with Crippen molar-refractivity contribution in [3.05, 3.63) is 45.1 Å². The van der Waals surface area contributed by atoms with Gasteiger partial charge in [0.25, 0.3) is 5.56 Å². The number of piperazine rings is 1. The molecule has 130 valence electrons. The smallest absolute Gasteiger partial charge is 0.260 e. The largest absolute Gasteiger partial charge is 0.330 e. The van der Waals surface area contributed by atoms with Crippen LogP contribution in [0.3, 0.4) is 0 Å². The van der Waals surface area contributed by atoms with Crippen LogP contribution >= 0.6 is 11.3 Å². The van der Waals surface area contributed by atoms with Gasteiger partial charge < -0.3 is 14.8 Å². The molecule has 7 nitrogen and oxygen atoms in total. The summed E-state index contributed by atoms with van der Waals surface area (Å²) in [7, 11) is 0. The van der Waals surface area contributed by atoms with E-state index in [2.05, 4.69) is 19.9 Å². The van der Waals surface area contributed by atoms with Gasteiger partial charge in [0.2, 0.25) is 5.95 Å². The normalized spacial score (nSPS) is 15.8. The number of anilines is 1. The van der Waals surface area contributed by atoms with E-state index in [0.29, 0.717) is 0 Å². The summed E-state index contributed by atoms with van der Waals surface area (Å²) in [5.41, 5.74) is 1.03. The monoisotopic (exact) mass is 357 g/mol. The van der Waals surface area contributed by atoms with E-state index in [-0.39, 0.29) is 5.56 Å². The summed E-state index contributed by atoms with van der Waals surface area (Å²) in [6, 6.07) is 1.83. The lowest BCUT2D eigenvalue weighted by molar-refractivity contribution is -0.915. The number of nitrogens with zero attached hydrogens (tertiary/aromatic N) is 4. The zero-order chi connectivity index (χ0) is 17.4. The number of aromatic nitrogens is 4. The lowest BCUT2D eigenvalue weighted by Gasteiger charge is -2.31. The van der Waals surface area contributed by atoms with Gasteiger partial charge in [0, 0.05) is 17.3 Å². The molecule has 0 aliphatic carbocycles. The van der Waals surface area contributed by atoms with E-state index >= 15 is 0 Å². The molecule has 0 saturated carbocycles. The van der Waals surface area contributed by atoms with Crippen LogP contribution in [-0.2, 0) is 6.54 Å². The summed E-state index contributed by atoms with van der Waals surface area (Å²) in [4.78, 5) is 34.3. The van der Waals surface area contributed by atoms with Crippen molar-refractivity contribution in [2.45, 2.75) is 20.4 Å². The predicted octanol–water partition coefficient (Wildman–Crippen LogP) is 0.297.